The first-order valence-corrected chi connectivity index (χ1v) is 3.84. The smallest absolute Gasteiger partial charge is 0.0742 e. The minimum absolute atomic E-state index is 0.139. The van der Waals surface area contributed by atoms with Crippen molar-refractivity contribution >= 4 is 0 Å². The number of hydrogen-bond acceptors (Lipinski definition) is 4. The molecule has 1 heterocycles. The van der Waals surface area contributed by atoms with E-state index in [9.17, 15) is 0 Å². The Labute approximate surface area is 67.2 Å². The quantitative estimate of drug-likeness (QED) is 0.462. The van der Waals surface area contributed by atoms with Crippen molar-refractivity contribution < 1.29 is 14.9 Å². The second-order valence-electron chi connectivity index (χ2n) is 2.39. The second kappa shape index (κ2) is 7.94. The molecule has 0 saturated carbocycles. The third-order valence-corrected chi connectivity index (χ3v) is 1.11. The zero-order chi connectivity index (χ0) is 8.53. The second-order valence-corrected chi connectivity index (χ2v) is 2.39. The number of ether oxygens (including phenoxy) is 1. The maximum Gasteiger partial charge on any atom is 0.0742 e. The molecule has 0 aromatic carbocycles. The molecule has 4 nitrogen and oxygen atoms in total. The van der Waals surface area contributed by atoms with E-state index in [4.69, 9.17) is 14.9 Å². The van der Waals surface area contributed by atoms with Crippen LogP contribution < -0.4 is 5.32 Å². The van der Waals surface area contributed by atoms with E-state index >= 15 is 0 Å². The average molecular weight is 163 g/mol. The van der Waals surface area contributed by atoms with E-state index in [-0.39, 0.29) is 6.61 Å². The summed E-state index contributed by atoms with van der Waals surface area (Å²) in [6.45, 7) is 5.22. The Hall–Kier alpha value is -0.160. The first-order valence-electron chi connectivity index (χ1n) is 3.84. The molecule has 0 bridgehead atoms. The van der Waals surface area contributed by atoms with Gasteiger partial charge in [-0.15, -0.1) is 0 Å². The average Bonchev–Trinajstić information content (AvgIpc) is 2.09. The lowest BCUT2D eigenvalue weighted by Gasteiger charge is -2.10. The molecular formula is C7H17NO3. The molecule has 0 amide bonds. The van der Waals surface area contributed by atoms with Gasteiger partial charge in [0.05, 0.1) is 25.9 Å². The van der Waals surface area contributed by atoms with E-state index < -0.39 is 6.10 Å². The van der Waals surface area contributed by atoms with Crippen molar-refractivity contribution in [1.29, 1.82) is 0 Å². The number of aliphatic hydroxyl groups excluding tert-OH is 2. The van der Waals surface area contributed by atoms with Crippen LogP contribution in [0.1, 0.15) is 6.92 Å². The van der Waals surface area contributed by atoms with Crippen molar-refractivity contribution in [2.24, 2.45) is 0 Å². The minimum Gasteiger partial charge on any atom is -0.394 e. The van der Waals surface area contributed by atoms with E-state index in [1.54, 1.807) is 0 Å². The van der Waals surface area contributed by atoms with Crippen LogP contribution in [0.25, 0.3) is 0 Å². The van der Waals surface area contributed by atoms with Crippen LogP contribution in [0.4, 0.5) is 0 Å². The molecule has 1 aliphatic rings. The lowest BCUT2D eigenvalue weighted by atomic mass is 10.5. The van der Waals surface area contributed by atoms with Crippen LogP contribution in [-0.4, -0.2) is 49.2 Å². The SMILES string of the molecule is C1COCCN1.CC(O)CO. The predicted octanol–water partition coefficient (Wildman–Crippen LogP) is -1.03. The van der Waals surface area contributed by atoms with Crippen molar-refractivity contribution in [3.8, 4) is 0 Å². The third-order valence-electron chi connectivity index (χ3n) is 1.11. The summed E-state index contributed by atoms with van der Waals surface area (Å²) in [7, 11) is 0. The Balaban J connectivity index is 0.000000187. The summed E-state index contributed by atoms with van der Waals surface area (Å²) in [6.07, 6.45) is -0.560. The summed E-state index contributed by atoms with van der Waals surface area (Å²) in [5.41, 5.74) is 0. The molecule has 1 aliphatic heterocycles. The van der Waals surface area contributed by atoms with E-state index in [1.165, 1.54) is 6.92 Å². The molecule has 1 unspecified atom stereocenters. The first kappa shape index (κ1) is 10.8. The zero-order valence-corrected chi connectivity index (χ0v) is 6.92. The Bertz CT molecular complexity index is 62.6. The highest BCUT2D eigenvalue weighted by atomic mass is 16.5. The van der Waals surface area contributed by atoms with Gasteiger partial charge in [0, 0.05) is 13.1 Å². The maximum absolute atomic E-state index is 8.11. The number of rotatable bonds is 1. The lowest BCUT2D eigenvalue weighted by Crippen LogP contribution is -2.30. The van der Waals surface area contributed by atoms with Gasteiger partial charge in [-0.05, 0) is 6.92 Å². The van der Waals surface area contributed by atoms with Gasteiger partial charge in [0.2, 0.25) is 0 Å². The van der Waals surface area contributed by atoms with Crippen molar-refractivity contribution in [3.05, 3.63) is 0 Å². The van der Waals surface area contributed by atoms with Gasteiger partial charge >= 0.3 is 0 Å². The Morgan fingerprint density at radius 3 is 2.00 bits per heavy atom. The summed E-state index contributed by atoms with van der Waals surface area (Å²) in [6, 6.07) is 0. The Morgan fingerprint density at radius 2 is 1.91 bits per heavy atom. The number of nitrogens with one attached hydrogen (secondary N) is 1. The fraction of sp³-hybridized carbons (Fsp3) is 1.00. The highest BCUT2D eigenvalue weighted by molar-refractivity contribution is 4.49. The summed E-state index contributed by atoms with van der Waals surface area (Å²) in [5.74, 6) is 0. The molecule has 3 N–H and O–H groups in total. The predicted molar refractivity (Wildman–Crippen MR) is 42.5 cm³/mol. The normalized spacial score (nSPS) is 19.9. The van der Waals surface area contributed by atoms with Crippen molar-refractivity contribution in [2.45, 2.75) is 13.0 Å². The van der Waals surface area contributed by atoms with Crippen LogP contribution in [0.15, 0.2) is 0 Å². The molecule has 0 aromatic heterocycles. The summed E-state index contributed by atoms with van der Waals surface area (Å²) in [4.78, 5) is 0. The highest BCUT2D eigenvalue weighted by Gasteiger charge is 1.92. The van der Waals surface area contributed by atoms with E-state index in [1.807, 2.05) is 0 Å². The summed E-state index contributed by atoms with van der Waals surface area (Å²) < 4.78 is 5.01. The molecule has 68 valence electrons. The molecule has 1 atom stereocenters. The molecular weight excluding hydrogens is 146 g/mol. The minimum atomic E-state index is -0.560. The van der Waals surface area contributed by atoms with Crippen molar-refractivity contribution in [1.82, 2.24) is 5.32 Å². The van der Waals surface area contributed by atoms with Gasteiger partial charge in [0.1, 0.15) is 0 Å². The number of aliphatic hydroxyl groups is 2. The van der Waals surface area contributed by atoms with E-state index in [0.717, 1.165) is 26.3 Å². The van der Waals surface area contributed by atoms with Gasteiger partial charge in [-0.25, -0.2) is 0 Å². The van der Waals surface area contributed by atoms with Gasteiger partial charge in [0.25, 0.3) is 0 Å². The monoisotopic (exact) mass is 163 g/mol. The van der Waals surface area contributed by atoms with Crippen molar-refractivity contribution in [2.75, 3.05) is 32.9 Å². The molecule has 1 saturated heterocycles. The summed E-state index contributed by atoms with van der Waals surface area (Å²) >= 11 is 0. The fourth-order valence-corrected chi connectivity index (χ4v) is 0.516. The standard InChI is InChI=1S/C4H9NO.C3H8O2/c1-3-6-4-2-5-1;1-3(5)2-4/h5H,1-4H2;3-5H,2H2,1H3. The van der Waals surface area contributed by atoms with Crippen LogP contribution >= 0.6 is 0 Å². The molecule has 0 aromatic rings. The molecule has 0 spiro atoms. The van der Waals surface area contributed by atoms with Crippen LogP contribution in [0, 0.1) is 0 Å². The maximum atomic E-state index is 8.11. The molecule has 11 heavy (non-hydrogen) atoms. The molecule has 0 aliphatic carbocycles. The fourth-order valence-electron chi connectivity index (χ4n) is 0.516. The van der Waals surface area contributed by atoms with Crippen molar-refractivity contribution in [3.63, 3.8) is 0 Å². The molecule has 0 radical (unpaired) electrons. The largest absolute Gasteiger partial charge is 0.394 e. The lowest BCUT2D eigenvalue weighted by molar-refractivity contribution is 0.109. The number of hydrogen-bond donors (Lipinski definition) is 3. The topological polar surface area (TPSA) is 61.7 Å². The van der Waals surface area contributed by atoms with Gasteiger partial charge < -0.3 is 20.3 Å². The van der Waals surface area contributed by atoms with E-state index in [2.05, 4.69) is 5.32 Å². The van der Waals surface area contributed by atoms with Gasteiger partial charge in [-0.2, -0.15) is 0 Å². The molecule has 1 rings (SSSR count). The van der Waals surface area contributed by atoms with Crippen LogP contribution in [0.2, 0.25) is 0 Å². The highest BCUT2D eigenvalue weighted by Crippen LogP contribution is 1.76. The molecule has 1 fully saturated rings. The third kappa shape index (κ3) is 9.84. The Morgan fingerprint density at radius 1 is 1.45 bits per heavy atom. The van der Waals surface area contributed by atoms with Gasteiger partial charge in [0.15, 0.2) is 0 Å². The van der Waals surface area contributed by atoms with Gasteiger partial charge in [-0.3, -0.25) is 0 Å². The van der Waals surface area contributed by atoms with Gasteiger partial charge in [-0.1, -0.05) is 0 Å². The molecule has 4 heteroatoms. The Kier molecular flexibility index (Phi) is 7.83. The van der Waals surface area contributed by atoms with Crippen LogP contribution in [-0.2, 0) is 4.74 Å². The van der Waals surface area contributed by atoms with Crippen LogP contribution in [0.5, 0.6) is 0 Å². The summed E-state index contributed by atoms with van der Waals surface area (Å²) in [5, 5.41) is 19.2. The number of morpholine rings is 1. The first-order chi connectivity index (χ1) is 5.27. The van der Waals surface area contributed by atoms with E-state index in [0.29, 0.717) is 0 Å². The zero-order valence-electron chi connectivity index (χ0n) is 6.92. The van der Waals surface area contributed by atoms with Crippen LogP contribution in [0.3, 0.4) is 0 Å².